The second-order valence-corrected chi connectivity index (χ2v) is 6.72. The zero-order chi connectivity index (χ0) is 18.5. The smallest absolute Gasteiger partial charge is 0.203 e. The Morgan fingerprint density at radius 1 is 1.15 bits per heavy atom. The number of ether oxygens (including phenoxy) is 3. The van der Waals surface area contributed by atoms with Gasteiger partial charge in [-0.05, 0) is 6.07 Å². The van der Waals surface area contributed by atoms with Gasteiger partial charge in [0.05, 0.1) is 32.2 Å². The summed E-state index contributed by atoms with van der Waals surface area (Å²) in [6.45, 7) is 1.27. The van der Waals surface area contributed by atoms with Crippen molar-refractivity contribution >= 4 is 22.7 Å². The molecule has 1 aliphatic heterocycles. The average molecular weight is 381 g/mol. The molecule has 1 aromatic heterocycles. The first kappa shape index (κ1) is 17.4. The number of fused-ring (bicyclic) bond motifs is 1. The lowest BCUT2D eigenvalue weighted by atomic mass is 10.2. The van der Waals surface area contributed by atoms with Crippen LogP contribution < -0.4 is 19.6 Å². The molecule has 0 atom stereocenters. The van der Waals surface area contributed by atoms with Crippen molar-refractivity contribution in [2.45, 2.75) is 6.42 Å². The van der Waals surface area contributed by atoms with Gasteiger partial charge in [-0.3, -0.25) is 5.43 Å². The summed E-state index contributed by atoms with van der Waals surface area (Å²) in [7, 11) is 1.62. The van der Waals surface area contributed by atoms with Crippen LogP contribution in [0.25, 0.3) is 11.3 Å². The van der Waals surface area contributed by atoms with E-state index in [2.05, 4.69) is 15.5 Å². The number of nitrogens with one attached hydrogen (secondary N) is 1. The normalized spacial score (nSPS) is 13.4. The van der Waals surface area contributed by atoms with Crippen LogP contribution >= 0.6 is 11.3 Å². The number of methoxy groups -OCH3 is 1. The van der Waals surface area contributed by atoms with E-state index in [-0.39, 0.29) is 0 Å². The Balaban J connectivity index is 1.50. The summed E-state index contributed by atoms with van der Waals surface area (Å²) < 4.78 is 16.9. The molecule has 0 unspecified atom stereocenters. The van der Waals surface area contributed by atoms with Crippen LogP contribution in [0.2, 0.25) is 0 Å². The van der Waals surface area contributed by atoms with E-state index in [1.165, 1.54) is 11.3 Å². The van der Waals surface area contributed by atoms with Gasteiger partial charge in [0, 0.05) is 29.0 Å². The molecule has 4 rings (SSSR count). The lowest BCUT2D eigenvalue weighted by Crippen LogP contribution is -1.98. The van der Waals surface area contributed by atoms with E-state index >= 15 is 0 Å². The molecule has 0 saturated carbocycles. The third-order valence-electron chi connectivity index (χ3n) is 4.04. The summed E-state index contributed by atoms with van der Waals surface area (Å²) in [4.78, 5) is 4.55. The van der Waals surface area contributed by atoms with Crippen molar-refractivity contribution in [3.63, 3.8) is 0 Å². The molecule has 0 aliphatic carbocycles. The van der Waals surface area contributed by atoms with Crippen LogP contribution in [-0.4, -0.2) is 31.5 Å². The molecular weight excluding hydrogens is 362 g/mol. The first-order valence-electron chi connectivity index (χ1n) is 8.61. The number of hydrazone groups is 1. The Kier molecular flexibility index (Phi) is 5.20. The first-order chi connectivity index (χ1) is 13.3. The summed E-state index contributed by atoms with van der Waals surface area (Å²) in [5.74, 6) is 2.08. The van der Waals surface area contributed by atoms with Crippen LogP contribution in [0, 0.1) is 0 Å². The molecule has 1 N–H and O–H groups in total. The first-order valence-corrected chi connectivity index (χ1v) is 9.49. The van der Waals surface area contributed by atoms with E-state index < -0.39 is 0 Å². The number of aromatic nitrogens is 1. The number of benzene rings is 2. The van der Waals surface area contributed by atoms with Gasteiger partial charge in [0.2, 0.25) is 5.13 Å². The minimum Gasteiger partial charge on any atom is -0.496 e. The van der Waals surface area contributed by atoms with Crippen molar-refractivity contribution in [1.29, 1.82) is 0 Å². The summed E-state index contributed by atoms with van der Waals surface area (Å²) >= 11 is 1.50. The Morgan fingerprint density at radius 2 is 1.93 bits per heavy atom. The largest absolute Gasteiger partial charge is 0.496 e. The molecule has 0 fully saturated rings. The van der Waals surface area contributed by atoms with Crippen molar-refractivity contribution in [3.05, 3.63) is 53.4 Å². The number of hydrogen-bond donors (Lipinski definition) is 1. The lowest BCUT2D eigenvalue weighted by molar-refractivity contribution is 0.296. The summed E-state index contributed by atoms with van der Waals surface area (Å²) in [5.41, 5.74) is 5.78. The molecule has 1 aliphatic rings. The minimum atomic E-state index is 0.634. The van der Waals surface area contributed by atoms with Crippen molar-refractivity contribution in [1.82, 2.24) is 4.98 Å². The fourth-order valence-electron chi connectivity index (χ4n) is 2.71. The van der Waals surface area contributed by atoms with Crippen LogP contribution in [0.3, 0.4) is 0 Å². The maximum Gasteiger partial charge on any atom is 0.203 e. The van der Waals surface area contributed by atoms with Crippen molar-refractivity contribution in [3.8, 4) is 28.5 Å². The molecule has 27 heavy (non-hydrogen) atoms. The van der Waals surface area contributed by atoms with Crippen LogP contribution in [-0.2, 0) is 0 Å². The molecule has 2 heterocycles. The van der Waals surface area contributed by atoms with Crippen molar-refractivity contribution in [2.75, 3.05) is 25.7 Å². The van der Waals surface area contributed by atoms with E-state index in [4.69, 9.17) is 14.2 Å². The summed E-state index contributed by atoms with van der Waals surface area (Å²) in [6.07, 6.45) is 2.55. The van der Waals surface area contributed by atoms with Gasteiger partial charge < -0.3 is 14.2 Å². The zero-order valence-corrected chi connectivity index (χ0v) is 15.7. The van der Waals surface area contributed by atoms with Gasteiger partial charge in [0.25, 0.3) is 0 Å². The standard InChI is InChI=1S/C20H19N3O3S/c1-24-17-11-19-18(25-8-5-9-26-19)10-15(17)12-21-23-20-22-16(13-27-20)14-6-3-2-4-7-14/h2-4,6-7,10-13H,5,8-9H2,1H3,(H,22,23). The number of anilines is 1. The monoisotopic (exact) mass is 381 g/mol. The predicted octanol–water partition coefficient (Wildman–Crippen LogP) is 4.43. The van der Waals surface area contributed by atoms with E-state index in [1.807, 2.05) is 47.8 Å². The van der Waals surface area contributed by atoms with Crippen LogP contribution in [0.1, 0.15) is 12.0 Å². The second kappa shape index (κ2) is 8.09. The van der Waals surface area contributed by atoms with E-state index in [9.17, 15) is 0 Å². The second-order valence-electron chi connectivity index (χ2n) is 5.87. The number of thiazole rings is 1. The Morgan fingerprint density at radius 3 is 2.70 bits per heavy atom. The highest BCUT2D eigenvalue weighted by Crippen LogP contribution is 2.35. The van der Waals surface area contributed by atoms with Crippen LogP contribution in [0.15, 0.2) is 52.9 Å². The summed E-state index contributed by atoms with van der Waals surface area (Å²) in [5, 5.41) is 7.02. The Bertz CT molecular complexity index is 941. The molecule has 138 valence electrons. The minimum absolute atomic E-state index is 0.634. The predicted molar refractivity (Wildman–Crippen MR) is 107 cm³/mol. The maximum absolute atomic E-state index is 5.73. The number of rotatable bonds is 5. The molecule has 2 aromatic carbocycles. The van der Waals surface area contributed by atoms with Gasteiger partial charge in [0.15, 0.2) is 11.5 Å². The van der Waals surface area contributed by atoms with E-state index in [0.717, 1.165) is 28.4 Å². The highest BCUT2D eigenvalue weighted by atomic mass is 32.1. The van der Waals surface area contributed by atoms with E-state index in [0.29, 0.717) is 30.5 Å². The van der Waals surface area contributed by atoms with Gasteiger partial charge in [-0.2, -0.15) is 5.10 Å². The number of hydrogen-bond acceptors (Lipinski definition) is 7. The van der Waals surface area contributed by atoms with Crippen molar-refractivity contribution in [2.24, 2.45) is 5.10 Å². The fourth-order valence-corrected chi connectivity index (χ4v) is 3.38. The lowest BCUT2D eigenvalue weighted by Gasteiger charge is -2.11. The fraction of sp³-hybridized carbons (Fsp3) is 0.200. The van der Waals surface area contributed by atoms with Gasteiger partial charge in [-0.1, -0.05) is 30.3 Å². The Labute approximate surface area is 161 Å². The highest BCUT2D eigenvalue weighted by molar-refractivity contribution is 7.14. The molecule has 0 bridgehead atoms. The van der Waals surface area contributed by atoms with Gasteiger partial charge in [-0.25, -0.2) is 4.98 Å². The van der Waals surface area contributed by atoms with Gasteiger partial charge >= 0.3 is 0 Å². The third-order valence-corrected chi connectivity index (χ3v) is 4.78. The molecule has 0 amide bonds. The average Bonchev–Trinajstić information content (AvgIpc) is 3.06. The maximum atomic E-state index is 5.73. The molecule has 0 saturated heterocycles. The zero-order valence-electron chi connectivity index (χ0n) is 14.8. The van der Waals surface area contributed by atoms with Gasteiger partial charge in [0.1, 0.15) is 5.75 Å². The molecular formula is C20H19N3O3S. The van der Waals surface area contributed by atoms with Gasteiger partial charge in [-0.15, -0.1) is 11.3 Å². The molecule has 0 radical (unpaired) electrons. The molecule has 7 heteroatoms. The van der Waals surface area contributed by atoms with Crippen molar-refractivity contribution < 1.29 is 14.2 Å². The SMILES string of the molecule is COc1cc2c(cc1C=NNc1nc(-c3ccccc3)cs1)OCCCO2. The quantitative estimate of drug-likeness (QED) is 0.523. The topological polar surface area (TPSA) is 65.0 Å². The van der Waals surface area contributed by atoms with Crippen LogP contribution in [0.4, 0.5) is 5.13 Å². The van der Waals surface area contributed by atoms with E-state index in [1.54, 1.807) is 13.3 Å². The molecule has 0 spiro atoms. The third kappa shape index (κ3) is 4.03. The highest BCUT2D eigenvalue weighted by Gasteiger charge is 2.14. The van der Waals surface area contributed by atoms with Crippen LogP contribution in [0.5, 0.6) is 17.2 Å². The molecule has 6 nitrogen and oxygen atoms in total. The summed E-state index contributed by atoms with van der Waals surface area (Å²) in [6, 6.07) is 13.8. The Hall–Kier alpha value is -3.06. The molecule has 3 aromatic rings. The number of nitrogens with zero attached hydrogens (tertiary/aromatic N) is 2.